The molecule has 0 saturated carbocycles. The lowest BCUT2D eigenvalue weighted by Gasteiger charge is -2.16. The molecule has 8 heteroatoms. The maximum atomic E-state index is 13.6. The summed E-state index contributed by atoms with van der Waals surface area (Å²) in [5.41, 5.74) is -0.306. The number of carboxylic acid groups (broad SMARTS) is 1. The number of hydrogen-bond donors (Lipinski definition) is 2. The fraction of sp³-hybridized carbons (Fsp3) is 0.364. The van der Waals surface area contributed by atoms with Crippen molar-refractivity contribution in [3.8, 4) is 0 Å². The van der Waals surface area contributed by atoms with E-state index in [1.807, 2.05) is 0 Å². The molecule has 0 aliphatic carbocycles. The van der Waals surface area contributed by atoms with Gasteiger partial charge < -0.3 is 10.2 Å². The molecule has 0 spiro atoms. The molecule has 1 aromatic rings. The lowest BCUT2D eigenvalue weighted by Crippen LogP contribution is -2.30. The van der Waals surface area contributed by atoms with Gasteiger partial charge in [0.25, 0.3) is 0 Å². The van der Waals surface area contributed by atoms with Crippen LogP contribution in [0.4, 0.5) is 4.39 Å². The van der Waals surface area contributed by atoms with Crippen molar-refractivity contribution in [3.63, 3.8) is 0 Å². The normalized spacial score (nSPS) is 20.6. The number of β-amino-alcohol motifs (C(OH)–C–C–N with tert-alkyl or cyclic N) is 1. The van der Waals surface area contributed by atoms with Crippen molar-refractivity contribution >= 4 is 16.0 Å². The Morgan fingerprint density at radius 3 is 2.63 bits per heavy atom. The van der Waals surface area contributed by atoms with Gasteiger partial charge in [0.05, 0.1) is 11.7 Å². The van der Waals surface area contributed by atoms with Gasteiger partial charge in [-0.2, -0.15) is 4.31 Å². The van der Waals surface area contributed by atoms with Gasteiger partial charge in [0.1, 0.15) is 10.7 Å². The second-order valence-corrected chi connectivity index (χ2v) is 6.16. The first-order valence-electron chi connectivity index (χ1n) is 5.53. The van der Waals surface area contributed by atoms with Crippen LogP contribution < -0.4 is 0 Å². The summed E-state index contributed by atoms with van der Waals surface area (Å²) in [6, 6.07) is 2.59. The second kappa shape index (κ2) is 4.87. The third-order valence-corrected chi connectivity index (χ3v) is 4.80. The van der Waals surface area contributed by atoms with E-state index in [-0.39, 0.29) is 25.1 Å². The third kappa shape index (κ3) is 2.60. The van der Waals surface area contributed by atoms with Crippen LogP contribution in [0.2, 0.25) is 0 Å². The number of sulfonamides is 1. The molecule has 0 aromatic heterocycles. The van der Waals surface area contributed by atoms with E-state index in [1.165, 1.54) is 0 Å². The standard InChI is InChI=1S/C11H12FNO5S/c12-9-2-1-7(11(15)16)5-10(9)19(17,18)13-4-3-8(14)6-13/h1-2,5,8,14H,3-4,6H2,(H,15,16). The molecule has 1 saturated heterocycles. The smallest absolute Gasteiger partial charge is 0.335 e. The highest BCUT2D eigenvalue weighted by molar-refractivity contribution is 7.89. The first-order valence-corrected chi connectivity index (χ1v) is 6.97. The number of carbonyl (C=O) groups is 1. The number of aromatic carboxylic acids is 1. The van der Waals surface area contributed by atoms with Crippen molar-refractivity contribution in [1.82, 2.24) is 4.31 Å². The van der Waals surface area contributed by atoms with Crippen molar-refractivity contribution in [2.24, 2.45) is 0 Å². The predicted molar refractivity (Wildman–Crippen MR) is 62.7 cm³/mol. The van der Waals surface area contributed by atoms with Gasteiger partial charge in [0.2, 0.25) is 10.0 Å². The average Bonchev–Trinajstić information content (AvgIpc) is 2.76. The third-order valence-electron chi connectivity index (χ3n) is 2.92. The zero-order valence-corrected chi connectivity index (χ0v) is 10.6. The molecule has 1 fully saturated rings. The Balaban J connectivity index is 2.45. The van der Waals surface area contributed by atoms with E-state index >= 15 is 0 Å². The second-order valence-electron chi connectivity index (χ2n) is 4.26. The highest BCUT2D eigenvalue weighted by Gasteiger charge is 2.33. The topological polar surface area (TPSA) is 94.9 Å². The monoisotopic (exact) mass is 289 g/mol. The number of benzene rings is 1. The van der Waals surface area contributed by atoms with Crippen LogP contribution in [0, 0.1) is 5.82 Å². The van der Waals surface area contributed by atoms with Gasteiger partial charge in [-0.3, -0.25) is 0 Å². The lowest BCUT2D eigenvalue weighted by molar-refractivity contribution is 0.0696. The van der Waals surface area contributed by atoms with E-state index in [2.05, 4.69) is 0 Å². The van der Waals surface area contributed by atoms with Crippen LogP contribution in [-0.4, -0.2) is 48.1 Å². The summed E-state index contributed by atoms with van der Waals surface area (Å²) in [4.78, 5) is 10.1. The molecule has 1 unspecified atom stereocenters. The molecule has 2 rings (SSSR count). The van der Waals surface area contributed by atoms with Gasteiger partial charge in [-0.05, 0) is 24.6 Å². The number of nitrogens with zero attached hydrogens (tertiary/aromatic N) is 1. The Morgan fingerprint density at radius 2 is 2.11 bits per heavy atom. The summed E-state index contributed by atoms with van der Waals surface area (Å²) in [6.45, 7) is -0.0285. The SMILES string of the molecule is O=C(O)c1ccc(F)c(S(=O)(=O)N2CCC(O)C2)c1. The Hall–Kier alpha value is -1.51. The molecule has 0 amide bonds. The fourth-order valence-electron chi connectivity index (χ4n) is 1.90. The number of rotatable bonds is 3. The molecule has 1 aliphatic heterocycles. The summed E-state index contributed by atoms with van der Waals surface area (Å²) in [5.74, 6) is -2.34. The van der Waals surface area contributed by atoms with E-state index in [4.69, 9.17) is 5.11 Å². The van der Waals surface area contributed by atoms with Crippen LogP contribution in [-0.2, 0) is 10.0 Å². The highest BCUT2D eigenvalue weighted by atomic mass is 32.2. The van der Waals surface area contributed by atoms with Crippen LogP contribution in [0.1, 0.15) is 16.8 Å². The Labute approximate surface area is 109 Å². The van der Waals surface area contributed by atoms with Crippen molar-refractivity contribution in [3.05, 3.63) is 29.6 Å². The fourth-order valence-corrected chi connectivity index (χ4v) is 3.48. The molecule has 6 nitrogen and oxygen atoms in total. The molecule has 104 valence electrons. The van der Waals surface area contributed by atoms with Crippen LogP contribution in [0.25, 0.3) is 0 Å². The summed E-state index contributed by atoms with van der Waals surface area (Å²) in [5, 5.41) is 18.1. The highest BCUT2D eigenvalue weighted by Crippen LogP contribution is 2.24. The van der Waals surface area contributed by atoms with E-state index < -0.39 is 32.8 Å². The van der Waals surface area contributed by atoms with E-state index in [0.717, 1.165) is 22.5 Å². The zero-order valence-electron chi connectivity index (χ0n) is 9.78. The minimum atomic E-state index is -4.12. The van der Waals surface area contributed by atoms with Gasteiger partial charge >= 0.3 is 5.97 Å². The van der Waals surface area contributed by atoms with Crippen LogP contribution in [0.15, 0.2) is 23.1 Å². The molecule has 0 bridgehead atoms. The first kappa shape index (κ1) is 13.9. The largest absolute Gasteiger partial charge is 0.478 e. The molecule has 1 aliphatic rings. The Morgan fingerprint density at radius 1 is 1.42 bits per heavy atom. The quantitative estimate of drug-likeness (QED) is 0.833. The van der Waals surface area contributed by atoms with Gasteiger partial charge in [0, 0.05) is 13.1 Å². The van der Waals surface area contributed by atoms with Gasteiger partial charge in [-0.25, -0.2) is 17.6 Å². The summed E-state index contributed by atoms with van der Waals surface area (Å²) >= 11 is 0. The average molecular weight is 289 g/mol. The molecule has 2 N–H and O–H groups in total. The summed E-state index contributed by atoms with van der Waals surface area (Å²) < 4.78 is 38.9. The van der Waals surface area contributed by atoms with Gasteiger partial charge in [-0.15, -0.1) is 0 Å². The van der Waals surface area contributed by atoms with Gasteiger partial charge in [-0.1, -0.05) is 0 Å². The van der Waals surface area contributed by atoms with Gasteiger partial charge in [0.15, 0.2) is 0 Å². The number of hydrogen-bond acceptors (Lipinski definition) is 4. The lowest BCUT2D eigenvalue weighted by atomic mass is 10.2. The summed E-state index contributed by atoms with van der Waals surface area (Å²) in [7, 11) is -4.12. The first-order chi connectivity index (χ1) is 8.82. The maximum absolute atomic E-state index is 13.6. The van der Waals surface area contributed by atoms with Crippen LogP contribution in [0.5, 0.6) is 0 Å². The number of aliphatic hydroxyl groups excluding tert-OH is 1. The number of aliphatic hydroxyl groups is 1. The van der Waals surface area contributed by atoms with Crippen LogP contribution in [0.3, 0.4) is 0 Å². The molecule has 1 heterocycles. The minimum Gasteiger partial charge on any atom is -0.478 e. The van der Waals surface area contributed by atoms with Crippen LogP contribution >= 0.6 is 0 Å². The van der Waals surface area contributed by atoms with E-state index in [9.17, 15) is 22.7 Å². The molecule has 1 aromatic carbocycles. The van der Waals surface area contributed by atoms with Crippen molar-refractivity contribution in [2.45, 2.75) is 17.4 Å². The number of halogens is 1. The zero-order chi connectivity index (χ0) is 14.2. The molecule has 0 radical (unpaired) electrons. The van der Waals surface area contributed by atoms with E-state index in [1.54, 1.807) is 0 Å². The summed E-state index contributed by atoms with van der Waals surface area (Å²) in [6.07, 6.45) is -0.500. The maximum Gasteiger partial charge on any atom is 0.335 e. The molecular formula is C11H12FNO5S. The Kier molecular flexibility index (Phi) is 3.57. The molecule has 19 heavy (non-hydrogen) atoms. The van der Waals surface area contributed by atoms with Crippen molar-refractivity contribution in [1.29, 1.82) is 0 Å². The van der Waals surface area contributed by atoms with E-state index in [0.29, 0.717) is 0 Å². The minimum absolute atomic E-state index is 0.0836. The van der Waals surface area contributed by atoms with Crippen molar-refractivity contribution in [2.75, 3.05) is 13.1 Å². The molecule has 1 atom stereocenters. The van der Waals surface area contributed by atoms with Crippen molar-refractivity contribution < 1.29 is 27.8 Å². The molecular weight excluding hydrogens is 277 g/mol. The predicted octanol–water partition coefficient (Wildman–Crippen LogP) is 0.279. The Bertz CT molecular complexity index is 616. The number of carboxylic acids is 1.